The number of rotatable bonds is 2. The summed E-state index contributed by atoms with van der Waals surface area (Å²) in [5, 5.41) is 0. The molecule has 0 atom stereocenters. The molecule has 0 aliphatic carbocycles. The SMILES string of the molecule is Cc1ccc(S(=O)(=O)c2c[c]ccc2)cc1. The van der Waals surface area contributed by atoms with Gasteiger partial charge in [-0.3, -0.25) is 0 Å². The van der Waals surface area contributed by atoms with Crippen LogP contribution in [0, 0.1) is 13.0 Å². The molecule has 0 saturated carbocycles. The van der Waals surface area contributed by atoms with Gasteiger partial charge < -0.3 is 0 Å². The fraction of sp³-hybridized carbons (Fsp3) is 0.0769. The van der Waals surface area contributed by atoms with Gasteiger partial charge in [0.2, 0.25) is 9.84 Å². The molecule has 0 saturated heterocycles. The van der Waals surface area contributed by atoms with Gasteiger partial charge in [-0.2, -0.15) is 0 Å². The average Bonchev–Trinajstić information content (AvgIpc) is 2.31. The number of aryl methyl sites for hydroxylation is 1. The van der Waals surface area contributed by atoms with E-state index in [1.165, 1.54) is 6.07 Å². The van der Waals surface area contributed by atoms with Crippen LogP contribution in [0.3, 0.4) is 0 Å². The highest BCUT2D eigenvalue weighted by Gasteiger charge is 2.16. The minimum Gasteiger partial charge on any atom is -0.219 e. The Morgan fingerprint density at radius 1 is 1.00 bits per heavy atom. The van der Waals surface area contributed by atoms with Crippen LogP contribution in [0.15, 0.2) is 58.3 Å². The van der Waals surface area contributed by atoms with E-state index in [2.05, 4.69) is 6.07 Å². The van der Waals surface area contributed by atoms with Crippen molar-refractivity contribution in [2.75, 3.05) is 0 Å². The van der Waals surface area contributed by atoms with E-state index in [1.807, 2.05) is 6.92 Å². The molecule has 16 heavy (non-hydrogen) atoms. The van der Waals surface area contributed by atoms with E-state index in [-0.39, 0.29) is 4.90 Å². The molecule has 0 fully saturated rings. The molecule has 0 heterocycles. The smallest absolute Gasteiger partial charge is 0.206 e. The van der Waals surface area contributed by atoms with Crippen molar-refractivity contribution in [3.63, 3.8) is 0 Å². The second-order valence-corrected chi connectivity index (χ2v) is 5.51. The van der Waals surface area contributed by atoms with Crippen LogP contribution in [-0.4, -0.2) is 8.42 Å². The predicted octanol–water partition coefficient (Wildman–Crippen LogP) is 2.63. The first-order valence-electron chi connectivity index (χ1n) is 4.88. The van der Waals surface area contributed by atoms with E-state index >= 15 is 0 Å². The number of hydrogen-bond donors (Lipinski definition) is 0. The third kappa shape index (κ3) is 1.99. The summed E-state index contributed by atoms with van der Waals surface area (Å²) in [6.45, 7) is 1.92. The Morgan fingerprint density at radius 3 is 2.25 bits per heavy atom. The molecule has 2 aromatic rings. The summed E-state index contributed by atoms with van der Waals surface area (Å²) in [7, 11) is -3.39. The van der Waals surface area contributed by atoms with Crippen LogP contribution < -0.4 is 0 Å². The Morgan fingerprint density at radius 2 is 1.69 bits per heavy atom. The predicted molar refractivity (Wildman–Crippen MR) is 61.9 cm³/mol. The maximum Gasteiger partial charge on any atom is 0.206 e. The van der Waals surface area contributed by atoms with Gasteiger partial charge >= 0.3 is 0 Å². The quantitative estimate of drug-likeness (QED) is 0.796. The molecule has 0 aliphatic heterocycles. The molecule has 0 bridgehead atoms. The average molecular weight is 231 g/mol. The summed E-state index contributed by atoms with van der Waals surface area (Å²) in [5.74, 6) is 0. The second kappa shape index (κ2) is 4.10. The van der Waals surface area contributed by atoms with Gasteiger partial charge in [0.1, 0.15) is 0 Å². The van der Waals surface area contributed by atoms with Crippen LogP contribution in [0.2, 0.25) is 0 Å². The Balaban J connectivity index is 2.52. The summed E-state index contributed by atoms with van der Waals surface area (Å²) in [6.07, 6.45) is 0. The zero-order valence-corrected chi connectivity index (χ0v) is 9.66. The molecule has 2 nitrogen and oxygen atoms in total. The molecule has 2 aromatic carbocycles. The van der Waals surface area contributed by atoms with Crippen LogP contribution in [0.4, 0.5) is 0 Å². The van der Waals surface area contributed by atoms with Crippen molar-refractivity contribution < 1.29 is 8.42 Å². The van der Waals surface area contributed by atoms with Crippen molar-refractivity contribution in [2.45, 2.75) is 16.7 Å². The monoisotopic (exact) mass is 231 g/mol. The summed E-state index contributed by atoms with van der Waals surface area (Å²) in [6, 6.07) is 16.0. The summed E-state index contributed by atoms with van der Waals surface area (Å²) < 4.78 is 24.3. The first-order valence-corrected chi connectivity index (χ1v) is 6.37. The lowest BCUT2D eigenvalue weighted by Gasteiger charge is -2.04. The molecule has 3 heteroatoms. The molecular weight excluding hydrogens is 220 g/mol. The van der Waals surface area contributed by atoms with Crippen LogP contribution in [-0.2, 0) is 9.84 Å². The van der Waals surface area contributed by atoms with Gasteiger partial charge in [0.05, 0.1) is 9.79 Å². The van der Waals surface area contributed by atoms with Gasteiger partial charge in [0, 0.05) is 0 Å². The Kier molecular flexibility index (Phi) is 2.79. The lowest BCUT2D eigenvalue weighted by Crippen LogP contribution is -2.01. The Hall–Kier alpha value is -1.61. The van der Waals surface area contributed by atoms with Gasteiger partial charge in [-0.25, -0.2) is 8.42 Å². The van der Waals surface area contributed by atoms with E-state index in [1.54, 1.807) is 42.5 Å². The van der Waals surface area contributed by atoms with E-state index in [0.29, 0.717) is 4.90 Å². The molecule has 0 unspecified atom stereocenters. The molecule has 0 spiro atoms. The first-order chi connectivity index (χ1) is 7.60. The molecule has 1 radical (unpaired) electrons. The number of sulfone groups is 1. The standard InChI is InChI=1S/C13H11O2S/c1-11-7-9-13(10-8-11)16(14,15)12-5-3-2-4-6-12/h2-3,5-10H,1H3. The fourth-order valence-electron chi connectivity index (χ4n) is 1.40. The second-order valence-electron chi connectivity index (χ2n) is 3.56. The van der Waals surface area contributed by atoms with Gasteiger partial charge in [0.25, 0.3) is 0 Å². The zero-order valence-electron chi connectivity index (χ0n) is 8.84. The van der Waals surface area contributed by atoms with E-state index in [0.717, 1.165) is 5.56 Å². The third-order valence-corrected chi connectivity index (χ3v) is 4.09. The van der Waals surface area contributed by atoms with Gasteiger partial charge in [-0.05, 0) is 37.3 Å². The van der Waals surface area contributed by atoms with Crippen LogP contribution in [0.1, 0.15) is 5.56 Å². The van der Waals surface area contributed by atoms with E-state index in [4.69, 9.17) is 0 Å². The molecule has 81 valence electrons. The minimum atomic E-state index is -3.39. The van der Waals surface area contributed by atoms with Crippen molar-refractivity contribution in [2.24, 2.45) is 0 Å². The van der Waals surface area contributed by atoms with Crippen LogP contribution in [0.25, 0.3) is 0 Å². The molecule has 2 rings (SSSR count). The fourth-order valence-corrected chi connectivity index (χ4v) is 2.64. The summed E-state index contributed by atoms with van der Waals surface area (Å²) >= 11 is 0. The van der Waals surface area contributed by atoms with Gasteiger partial charge in [0.15, 0.2) is 0 Å². The molecule has 0 aromatic heterocycles. The molecule has 0 aliphatic rings. The van der Waals surface area contributed by atoms with E-state index in [9.17, 15) is 8.42 Å². The molecule has 0 N–H and O–H groups in total. The van der Waals surface area contributed by atoms with Crippen LogP contribution in [0.5, 0.6) is 0 Å². The largest absolute Gasteiger partial charge is 0.219 e. The number of hydrogen-bond acceptors (Lipinski definition) is 2. The van der Waals surface area contributed by atoms with Crippen LogP contribution >= 0.6 is 0 Å². The van der Waals surface area contributed by atoms with Crippen molar-refractivity contribution in [3.8, 4) is 0 Å². The van der Waals surface area contributed by atoms with Crippen molar-refractivity contribution in [1.82, 2.24) is 0 Å². The maximum atomic E-state index is 12.1. The zero-order chi connectivity index (χ0) is 11.6. The summed E-state index contributed by atoms with van der Waals surface area (Å²) in [4.78, 5) is 0.594. The topological polar surface area (TPSA) is 34.1 Å². The highest BCUT2D eigenvalue weighted by atomic mass is 32.2. The Bertz CT molecular complexity index is 569. The normalized spacial score (nSPS) is 11.3. The highest BCUT2D eigenvalue weighted by Crippen LogP contribution is 2.20. The lowest BCUT2D eigenvalue weighted by atomic mass is 10.2. The first kappa shape index (κ1) is 10.9. The van der Waals surface area contributed by atoms with Gasteiger partial charge in [-0.15, -0.1) is 0 Å². The maximum absolute atomic E-state index is 12.1. The molecule has 0 amide bonds. The van der Waals surface area contributed by atoms with Crippen molar-refractivity contribution in [3.05, 3.63) is 60.2 Å². The number of benzene rings is 2. The van der Waals surface area contributed by atoms with Crippen molar-refractivity contribution >= 4 is 9.84 Å². The van der Waals surface area contributed by atoms with E-state index < -0.39 is 9.84 Å². The third-order valence-electron chi connectivity index (χ3n) is 2.32. The van der Waals surface area contributed by atoms with Gasteiger partial charge in [-0.1, -0.05) is 29.8 Å². The Labute approximate surface area is 95.5 Å². The lowest BCUT2D eigenvalue weighted by molar-refractivity contribution is 0.596. The summed E-state index contributed by atoms with van der Waals surface area (Å²) in [5.41, 5.74) is 1.04. The highest BCUT2D eigenvalue weighted by molar-refractivity contribution is 7.91. The van der Waals surface area contributed by atoms with Crippen molar-refractivity contribution in [1.29, 1.82) is 0 Å². The minimum absolute atomic E-state index is 0.277. The molecular formula is C13H11O2S.